The summed E-state index contributed by atoms with van der Waals surface area (Å²) >= 11 is 0. The molecule has 0 aliphatic carbocycles. The first-order valence-corrected chi connectivity index (χ1v) is 10.3. The normalized spacial score (nSPS) is 39.1. The molecule has 7 N–H and O–H groups in total. The summed E-state index contributed by atoms with van der Waals surface area (Å²) in [4.78, 5) is 12.0. The number of esters is 1. The Morgan fingerprint density at radius 3 is 2.27 bits per heavy atom. The molecule has 0 bridgehead atoms. The molecule has 0 aromatic heterocycles. The molecule has 0 spiro atoms. The van der Waals surface area contributed by atoms with Crippen molar-refractivity contribution in [2.24, 2.45) is 0 Å². The Balaban J connectivity index is 1.64. The fourth-order valence-electron chi connectivity index (χ4n) is 3.56. The molecule has 9 atom stereocenters. The molecule has 2 aliphatic rings. The summed E-state index contributed by atoms with van der Waals surface area (Å²) in [5.74, 6) is -3.05. The number of aliphatic hydroxyl groups excluding tert-OH is 7. The highest BCUT2D eigenvalue weighted by atomic mass is 16.8. The number of hydrogen-bond donors (Lipinski definition) is 7. The summed E-state index contributed by atoms with van der Waals surface area (Å²) in [7, 11) is 0. The third-order valence-electron chi connectivity index (χ3n) is 5.49. The van der Waals surface area contributed by atoms with Crippen molar-refractivity contribution in [1.29, 1.82) is 0 Å². The number of ether oxygens (including phenoxy) is 4. The number of carbonyl (C=O) groups is 1. The molecule has 2 aliphatic heterocycles. The molecule has 2 fully saturated rings. The van der Waals surface area contributed by atoms with Crippen molar-refractivity contribution in [3.8, 4) is 0 Å². The zero-order valence-corrected chi connectivity index (χ0v) is 17.5. The van der Waals surface area contributed by atoms with E-state index in [1.807, 2.05) is 6.07 Å². The van der Waals surface area contributed by atoms with Crippen LogP contribution >= 0.6 is 0 Å². The third-order valence-corrected chi connectivity index (χ3v) is 5.49. The zero-order chi connectivity index (χ0) is 24.2. The summed E-state index contributed by atoms with van der Waals surface area (Å²) in [5.41, 5.74) is 0.753. The highest BCUT2D eigenvalue weighted by Crippen LogP contribution is 2.36. The van der Waals surface area contributed by atoms with Crippen LogP contribution in [0.25, 0.3) is 6.08 Å². The highest BCUT2D eigenvalue weighted by Gasteiger charge is 2.58. The summed E-state index contributed by atoms with van der Waals surface area (Å²) < 4.78 is 21.1. The maximum absolute atomic E-state index is 12.0. The van der Waals surface area contributed by atoms with Gasteiger partial charge in [-0.1, -0.05) is 30.3 Å². The van der Waals surface area contributed by atoms with Crippen molar-refractivity contribution in [2.75, 3.05) is 19.8 Å². The van der Waals surface area contributed by atoms with Gasteiger partial charge in [-0.05, 0) is 11.6 Å². The average molecular weight is 472 g/mol. The predicted octanol–water partition coefficient (Wildman–Crippen LogP) is -3.13. The Bertz CT molecular complexity index is 804. The van der Waals surface area contributed by atoms with Gasteiger partial charge in [0.1, 0.15) is 55.9 Å². The lowest BCUT2D eigenvalue weighted by Gasteiger charge is -2.43. The first-order chi connectivity index (χ1) is 15.7. The molecule has 1 aromatic carbocycles. The first kappa shape index (κ1) is 25.6. The van der Waals surface area contributed by atoms with E-state index in [0.29, 0.717) is 0 Å². The quantitative estimate of drug-likeness (QED) is 0.149. The Morgan fingerprint density at radius 1 is 0.970 bits per heavy atom. The minimum atomic E-state index is -2.29. The number of aliphatic hydroxyl groups is 7. The van der Waals surface area contributed by atoms with Gasteiger partial charge in [-0.3, -0.25) is 0 Å². The summed E-state index contributed by atoms with van der Waals surface area (Å²) in [6, 6.07) is 8.93. The second kappa shape index (κ2) is 11.0. The maximum atomic E-state index is 12.0. The fraction of sp³-hybridized carbons (Fsp3) is 0.571. The summed E-state index contributed by atoms with van der Waals surface area (Å²) in [5, 5.41) is 69.8. The summed E-state index contributed by atoms with van der Waals surface area (Å²) in [6.07, 6.45) is -10.5. The van der Waals surface area contributed by atoms with Crippen LogP contribution in [0.5, 0.6) is 0 Å². The zero-order valence-electron chi connectivity index (χ0n) is 17.5. The van der Waals surface area contributed by atoms with Crippen LogP contribution < -0.4 is 0 Å². The van der Waals surface area contributed by atoms with Gasteiger partial charge in [0, 0.05) is 6.08 Å². The van der Waals surface area contributed by atoms with E-state index in [9.17, 15) is 40.5 Å². The van der Waals surface area contributed by atoms with Crippen LogP contribution in [0.15, 0.2) is 36.4 Å². The van der Waals surface area contributed by atoms with Crippen molar-refractivity contribution < 1.29 is 59.5 Å². The lowest BCUT2D eigenvalue weighted by Crippen LogP contribution is -2.62. The molecule has 2 saturated heterocycles. The van der Waals surface area contributed by atoms with Crippen LogP contribution in [-0.4, -0.2) is 116 Å². The monoisotopic (exact) mass is 472 g/mol. The van der Waals surface area contributed by atoms with Gasteiger partial charge in [0.05, 0.1) is 6.61 Å². The van der Waals surface area contributed by atoms with Crippen LogP contribution in [0.1, 0.15) is 5.56 Å². The molecule has 12 nitrogen and oxygen atoms in total. The van der Waals surface area contributed by atoms with E-state index in [-0.39, 0.29) is 0 Å². The van der Waals surface area contributed by atoms with Gasteiger partial charge in [-0.2, -0.15) is 0 Å². The molecular formula is C21H28O12. The largest absolute Gasteiger partial charge is 0.460 e. The van der Waals surface area contributed by atoms with Crippen LogP contribution in [0, 0.1) is 0 Å². The van der Waals surface area contributed by atoms with E-state index in [4.69, 9.17) is 18.9 Å². The second-order valence-electron chi connectivity index (χ2n) is 7.75. The van der Waals surface area contributed by atoms with Crippen molar-refractivity contribution in [1.82, 2.24) is 0 Å². The van der Waals surface area contributed by atoms with Gasteiger partial charge >= 0.3 is 5.97 Å². The van der Waals surface area contributed by atoms with Gasteiger partial charge in [-0.15, -0.1) is 0 Å². The van der Waals surface area contributed by atoms with Crippen molar-refractivity contribution >= 4 is 12.0 Å². The Hall–Kier alpha value is -1.97. The molecule has 0 radical (unpaired) electrons. The molecule has 33 heavy (non-hydrogen) atoms. The van der Waals surface area contributed by atoms with E-state index in [1.165, 1.54) is 6.08 Å². The molecule has 0 amide bonds. The van der Waals surface area contributed by atoms with Crippen LogP contribution in [0.2, 0.25) is 0 Å². The minimum absolute atomic E-state index is 0.528. The van der Waals surface area contributed by atoms with Crippen LogP contribution in [-0.2, 0) is 23.7 Å². The predicted molar refractivity (Wildman–Crippen MR) is 108 cm³/mol. The molecule has 0 saturated carbocycles. The molecule has 0 unspecified atom stereocenters. The molecule has 3 rings (SSSR count). The van der Waals surface area contributed by atoms with Gasteiger partial charge in [-0.25, -0.2) is 4.79 Å². The second-order valence-corrected chi connectivity index (χ2v) is 7.75. The third kappa shape index (κ3) is 5.58. The molecule has 12 heteroatoms. The SMILES string of the molecule is O=C(/C=C/c1ccccc1)OC[C@@H]1O[C@@H](O[C@]2(CO)O[C@@H](CO)[C@H](O)[C@H]2O)[C@@H](O)[C@H](O)[C@H]1O. The molecule has 2 heterocycles. The standard InChI is InChI=1S/C21H28O12/c22-8-12-16(26)19(29)21(10-23,32-12)33-20-18(28)17(27)15(25)13(31-20)9-30-14(24)7-6-11-4-2-1-3-5-11/h1-7,12-13,15-20,22-23,25-29H,8-10H2/b7-6+/t12-,13-,15-,16-,17+,18-,19+,20-,21-/m0/s1. The van der Waals surface area contributed by atoms with E-state index in [0.717, 1.165) is 11.6 Å². The van der Waals surface area contributed by atoms with Gasteiger partial charge < -0.3 is 54.7 Å². The van der Waals surface area contributed by atoms with E-state index in [2.05, 4.69) is 0 Å². The Kier molecular flexibility index (Phi) is 8.53. The van der Waals surface area contributed by atoms with Crippen LogP contribution in [0.4, 0.5) is 0 Å². The van der Waals surface area contributed by atoms with Gasteiger partial charge in [0.2, 0.25) is 5.79 Å². The highest BCUT2D eigenvalue weighted by molar-refractivity contribution is 5.87. The topological polar surface area (TPSA) is 196 Å². The average Bonchev–Trinajstić information content (AvgIpc) is 3.07. The maximum Gasteiger partial charge on any atom is 0.330 e. The number of benzene rings is 1. The van der Waals surface area contributed by atoms with E-state index < -0.39 is 80.6 Å². The lowest BCUT2D eigenvalue weighted by molar-refractivity contribution is -0.383. The van der Waals surface area contributed by atoms with Crippen molar-refractivity contribution in [3.63, 3.8) is 0 Å². The number of carbonyl (C=O) groups excluding carboxylic acids is 1. The van der Waals surface area contributed by atoms with E-state index in [1.54, 1.807) is 24.3 Å². The van der Waals surface area contributed by atoms with E-state index >= 15 is 0 Å². The molecule has 184 valence electrons. The Morgan fingerprint density at radius 2 is 1.67 bits per heavy atom. The van der Waals surface area contributed by atoms with Crippen molar-refractivity contribution in [2.45, 2.75) is 54.8 Å². The van der Waals surface area contributed by atoms with Gasteiger partial charge in [0.15, 0.2) is 6.29 Å². The molecule has 1 aromatic rings. The fourth-order valence-corrected chi connectivity index (χ4v) is 3.56. The Labute approximate surface area is 188 Å². The molecular weight excluding hydrogens is 444 g/mol. The first-order valence-electron chi connectivity index (χ1n) is 10.3. The number of hydrogen-bond acceptors (Lipinski definition) is 12. The minimum Gasteiger partial charge on any atom is -0.460 e. The lowest BCUT2D eigenvalue weighted by atomic mass is 9.99. The summed E-state index contributed by atoms with van der Waals surface area (Å²) in [6.45, 7) is -2.23. The van der Waals surface area contributed by atoms with Gasteiger partial charge in [0.25, 0.3) is 0 Å². The van der Waals surface area contributed by atoms with Crippen molar-refractivity contribution in [3.05, 3.63) is 42.0 Å². The van der Waals surface area contributed by atoms with Crippen LogP contribution in [0.3, 0.4) is 0 Å². The smallest absolute Gasteiger partial charge is 0.330 e. The number of rotatable bonds is 8.